The zero-order valence-corrected chi connectivity index (χ0v) is 17.2. The number of carbonyl (C=O) groups is 1. The van der Waals surface area contributed by atoms with Crippen LogP contribution in [0, 0.1) is 0 Å². The Bertz CT molecular complexity index is 458. The molecule has 0 aromatic rings. The zero-order chi connectivity index (χ0) is 20.8. The van der Waals surface area contributed by atoms with Crippen molar-refractivity contribution < 1.29 is 37.6 Å². The van der Waals surface area contributed by atoms with Gasteiger partial charge >= 0.3 is 0 Å². The van der Waals surface area contributed by atoms with Gasteiger partial charge in [-0.1, -0.05) is 13.3 Å². The molecule has 26 heavy (non-hydrogen) atoms. The lowest BCUT2D eigenvalue weighted by atomic mass is 10.1. The molecule has 0 saturated heterocycles. The molecule has 0 heterocycles. The van der Waals surface area contributed by atoms with Gasteiger partial charge in [-0.15, -0.1) is 0 Å². The first-order valence-electron chi connectivity index (χ1n) is 8.80. The van der Waals surface area contributed by atoms with Crippen LogP contribution in [-0.2, 0) is 14.9 Å². The zero-order valence-electron chi connectivity index (χ0n) is 16.4. The number of aliphatic hydroxyl groups excluding tert-OH is 2. The SMILES string of the molecule is CCCCN(CCO)CCO.C[N+](C)(C)C(CCCS(=O)(=O)O)C(=O)[O-]. The van der Waals surface area contributed by atoms with E-state index in [9.17, 15) is 18.3 Å². The van der Waals surface area contributed by atoms with Gasteiger partial charge in [0.1, 0.15) is 6.04 Å². The summed E-state index contributed by atoms with van der Waals surface area (Å²) in [5.74, 6) is -1.63. The molecule has 0 aliphatic carbocycles. The van der Waals surface area contributed by atoms with E-state index in [-0.39, 0.29) is 30.5 Å². The Labute approximate surface area is 157 Å². The van der Waals surface area contributed by atoms with E-state index < -0.39 is 27.9 Å². The summed E-state index contributed by atoms with van der Waals surface area (Å²) in [5.41, 5.74) is 0. The Kier molecular flexibility index (Phi) is 15.1. The summed E-state index contributed by atoms with van der Waals surface area (Å²) in [7, 11) is 1.05. The Morgan fingerprint density at radius 3 is 1.88 bits per heavy atom. The first kappa shape index (κ1) is 27.4. The van der Waals surface area contributed by atoms with E-state index in [4.69, 9.17) is 14.8 Å². The number of quaternary nitrogens is 1. The van der Waals surface area contributed by atoms with Crippen molar-refractivity contribution >= 4 is 16.1 Å². The largest absolute Gasteiger partial charge is 0.544 e. The van der Waals surface area contributed by atoms with Crippen LogP contribution in [0.3, 0.4) is 0 Å². The van der Waals surface area contributed by atoms with Crippen LogP contribution in [0.25, 0.3) is 0 Å². The van der Waals surface area contributed by atoms with Crippen LogP contribution in [0.4, 0.5) is 0 Å². The third-order valence-corrected chi connectivity index (χ3v) is 4.55. The highest BCUT2D eigenvalue weighted by Gasteiger charge is 2.25. The topological polar surface area (TPSA) is 138 Å². The summed E-state index contributed by atoms with van der Waals surface area (Å²) in [4.78, 5) is 12.8. The van der Waals surface area contributed by atoms with Gasteiger partial charge < -0.3 is 24.6 Å². The highest BCUT2D eigenvalue weighted by molar-refractivity contribution is 7.85. The number of carbonyl (C=O) groups excluding carboxylic acids is 1. The number of carboxylic acid groups (broad SMARTS) is 1. The molecular formula is C16H36N2O7S. The third kappa shape index (κ3) is 16.7. The van der Waals surface area contributed by atoms with Crippen molar-refractivity contribution in [3.8, 4) is 0 Å². The van der Waals surface area contributed by atoms with E-state index in [0.29, 0.717) is 13.1 Å². The summed E-state index contributed by atoms with van der Waals surface area (Å²) >= 11 is 0. The predicted octanol–water partition coefficient (Wildman–Crippen LogP) is -1.45. The van der Waals surface area contributed by atoms with Crippen LogP contribution >= 0.6 is 0 Å². The Balaban J connectivity index is 0. The number of nitrogens with zero attached hydrogens (tertiary/aromatic N) is 2. The number of aliphatic hydroxyl groups is 2. The molecule has 1 unspecified atom stereocenters. The van der Waals surface area contributed by atoms with E-state index in [1.165, 1.54) is 0 Å². The Hall–Kier alpha value is -0.780. The highest BCUT2D eigenvalue weighted by atomic mass is 32.2. The van der Waals surface area contributed by atoms with Crippen LogP contribution in [0.15, 0.2) is 0 Å². The maximum Gasteiger partial charge on any atom is 0.264 e. The molecular weight excluding hydrogens is 364 g/mol. The molecule has 0 amide bonds. The lowest BCUT2D eigenvalue weighted by Crippen LogP contribution is -2.54. The predicted molar refractivity (Wildman–Crippen MR) is 98.0 cm³/mol. The van der Waals surface area contributed by atoms with E-state index in [2.05, 4.69) is 11.8 Å². The normalized spacial score (nSPS) is 13.2. The van der Waals surface area contributed by atoms with Gasteiger partial charge in [0.2, 0.25) is 0 Å². The lowest BCUT2D eigenvalue weighted by molar-refractivity contribution is -0.889. The molecule has 0 fully saturated rings. The van der Waals surface area contributed by atoms with Gasteiger partial charge in [0.25, 0.3) is 10.1 Å². The Morgan fingerprint density at radius 2 is 1.58 bits per heavy atom. The molecule has 0 aliphatic heterocycles. The molecule has 158 valence electrons. The average Bonchev–Trinajstić information content (AvgIpc) is 2.47. The van der Waals surface area contributed by atoms with E-state index in [1.807, 2.05) is 0 Å². The molecule has 9 nitrogen and oxygen atoms in total. The van der Waals surface area contributed by atoms with Crippen LogP contribution < -0.4 is 5.11 Å². The fraction of sp³-hybridized carbons (Fsp3) is 0.938. The summed E-state index contributed by atoms with van der Waals surface area (Å²) in [6.45, 7) is 4.85. The van der Waals surface area contributed by atoms with Crippen LogP contribution in [0.1, 0.15) is 32.6 Å². The summed E-state index contributed by atoms with van der Waals surface area (Å²) in [6, 6.07) is -0.772. The summed E-state index contributed by atoms with van der Waals surface area (Å²) in [6.07, 6.45) is 2.56. The number of likely N-dealkylation sites (N-methyl/N-ethyl adjacent to an activating group) is 1. The number of unbranched alkanes of at least 4 members (excludes halogenated alkanes) is 1. The van der Waals surface area contributed by atoms with Crippen LogP contribution in [-0.4, -0.2) is 104 Å². The van der Waals surface area contributed by atoms with Crippen LogP contribution in [0.5, 0.6) is 0 Å². The fourth-order valence-electron chi connectivity index (χ4n) is 2.28. The summed E-state index contributed by atoms with van der Waals surface area (Å²) < 4.78 is 29.5. The standard InChI is InChI=1S/C8H17NO5S.C8H19NO2/c1-9(2,3)7(8(10)11)5-4-6-15(12,13)14;1-2-3-4-9(5-7-10)6-8-11/h7H,4-6H2,1-3H3,(H-,10,11,12,13,14);10-11H,2-8H2,1H3. The van der Waals surface area contributed by atoms with Gasteiger partial charge in [-0.2, -0.15) is 8.42 Å². The second-order valence-electron chi connectivity index (χ2n) is 7.02. The van der Waals surface area contributed by atoms with E-state index in [1.54, 1.807) is 21.1 Å². The minimum absolute atomic E-state index is 0.104. The molecule has 1 atom stereocenters. The van der Waals surface area contributed by atoms with Gasteiger partial charge in [-0.05, 0) is 19.4 Å². The molecule has 0 bridgehead atoms. The second-order valence-corrected chi connectivity index (χ2v) is 8.59. The third-order valence-electron chi connectivity index (χ3n) is 3.75. The first-order chi connectivity index (χ1) is 11.9. The van der Waals surface area contributed by atoms with Crippen molar-refractivity contribution in [2.75, 3.05) is 59.7 Å². The average molecular weight is 401 g/mol. The maximum absolute atomic E-state index is 10.8. The number of rotatable bonds is 13. The van der Waals surface area contributed by atoms with E-state index in [0.717, 1.165) is 19.4 Å². The molecule has 0 saturated carbocycles. The minimum Gasteiger partial charge on any atom is -0.544 e. The van der Waals surface area contributed by atoms with Crippen molar-refractivity contribution in [3.05, 3.63) is 0 Å². The van der Waals surface area contributed by atoms with Crippen molar-refractivity contribution in [1.29, 1.82) is 0 Å². The number of hydrogen-bond donors (Lipinski definition) is 3. The number of hydrogen-bond acceptors (Lipinski definition) is 7. The van der Waals surface area contributed by atoms with Crippen LogP contribution in [0.2, 0.25) is 0 Å². The van der Waals surface area contributed by atoms with Crippen molar-refractivity contribution in [1.82, 2.24) is 4.90 Å². The molecule has 0 spiro atoms. The molecule has 10 heteroatoms. The van der Waals surface area contributed by atoms with Gasteiger partial charge in [-0.3, -0.25) is 9.45 Å². The highest BCUT2D eigenvalue weighted by Crippen LogP contribution is 2.10. The second kappa shape index (κ2) is 14.3. The number of carboxylic acids is 1. The molecule has 3 N–H and O–H groups in total. The van der Waals surface area contributed by atoms with Gasteiger partial charge in [0.15, 0.2) is 0 Å². The quantitative estimate of drug-likeness (QED) is 0.252. The van der Waals surface area contributed by atoms with Gasteiger partial charge in [0.05, 0.1) is 46.1 Å². The lowest BCUT2D eigenvalue weighted by Gasteiger charge is -2.34. The smallest absolute Gasteiger partial charge is 0.264 e. The molecule has 0 radical (unpaired) electrons. The fourth-order valence-corrected chi connectivity index (χ4v) is 2.81. The van der Waals surface area contributed by atoms with E-state index >= 15 is 0 Å². The molecule has 0 rings (SSSR count). The summed E-state index contributed by atoms with van der Waals surface area (Å²) in [5, 5.41) is 28.0. The van der Waals surface area contributed by atoms with Gasteiger partial charge in [0, 0.05) is 19.5 Å². The van der Waals surface area contributed by atoms with Crippen molar-refractivity contribution in [2.24, 2.45) is 0 Å². The molecule has 0 aromatic carbocycles. The number of aliphatic carboxylic acids is 1. The van der Waals surface area contributed by atoms with Crippen molar-refractivity contribution in [2.45, 2.75) is 38.6 Å². The van der Waals surface area contributed by atoms with Gasteiger partial charge in [-0.25, -0.2) is 0 Å². The molecule has 0 aromatic heterocycles. The first-order valence-corrected chi connectivity index (χ1v) is 10.4. The Morgan fingerprint density at radius 1 is 1.08 bits per heavy atom. The molecule has 0 aliphatic rings. The maximum atomic E-state index is 10.8. The van der Waals surface area contributed by atoms with Crippen molar-refractivity contribution in [3.63, 3.8) is 0 Å². The monoisotopic (exact) mass is 400 g/mol. The minimum atomic E-state index is -4.01.